The molecule has 1 aromatic heterocycles. The molecule has 2 N–H and O–H groups in total. The maximum absolute atomic E-state index is 12.2. The predicted octanol–water partition coefficient (Wildman–Crippen LogP) is 0.906. The van der Waals surface area contributed by atoms with Gasteiger partial charge in [0.2, 0.25) is 0 Å². The van der Waals surface area contributed by atoms with Crippen LogP contribution in [0, 0.1) is 0 Å². The summed E-state index contributed by atoms with van der Waals surface area (Å²) in [6.07, 6.45) is 1.16. The molecular weight excluding hydrogens is 230 g/mol. The summed E-state index contributed by atoms with van der Waals surface area (Å²) in [6.45, 7) is 7.06. The van der Waals surface area contributed by atoms with E-state index in [1.165, 1.54) is 0 Å². The van der Waals surface area contributed by atoms with Crippen LogP contribution in [0.4, 0.5) is 0 Å². The summed E-state index contributed by atoms with van der Waals surface area (Å²) >= 11 is 0. The molecule has 5 nitrogen and oxygen atoms in total. The fourth-order valence-corrected chi connectivity index (χ4v) is 2.25. The van der Waals surface area contributed by atoms with Crippen molar-refractivity contribution in [1.82, 2.24) is 9.80 Å². The molecule has 0 aliphatic carbocycles. The van der Waals surface area contributed by atoms with Crippen LogP contribution in [0.25, 0.3) is 0 Å². The Kier molecular flexibility index (Phi) is 4.38. The highest BCUT2D eigenvalue weighted by Gasteiger charge is 2.23. The van der Waals surface area contributed by atoms with E-state index < -0.39 is 0 Å². The lowest BCUT2D eigenvalue weighted by Gasteiger charge is -2.34. The summed E-state index contributed by atoms with van der Waals surface area (Å²) in [4.78, 5) is 16.4. The zero-order chi connectivity index (χ0) is 13.0. The SMILES string of the molecule is CCCN1CCN(C(=O)c2ccc(CN)o2)CC1. The number of carbonyl (C=O) groups excluding carboxylic acids is 1. The minimum absolute atomic E-state index is 0.0224. The van der Waals surface area contributed by atoms with Crippen molar-refractivity contribution in [2.75, 3.05) is 32.7 Å². The second-order valence-corrected chi connectivity index (χ2v) is 4.60. The Bertz CT molecular complexity index is 395. The molecule has 1 fully saturated rings. The Hall–Kier alpha value is -1.33. The number of hydrogen-bond acceptors (Lipinski definition) is 4. The molecule has 0 bridgehead atoms. The van der Waals surface area contributed by atoms with E-state index in [2.05, 4.69) is 11.8 Å². The normalized spacial score (nSPS) is 17.1. The molecule has 2 rings (SSSR count). The van der Waals surface area contributed by atoms with Crippen molar-refractivity contribution in [2.45, 2.75) is 19.9 Å². The first kappa shape index (κ1) is 13.1. The van der Waals surface area contributed by atoms with E-state index in [0.717, 1.165) is 39.1 Å². The van der Waals surface area contributed by atoms with Gasteiger partial charge in [0.1, 0.15) is 5.76 Å². The maximum atomic E-state index is 12.2. The van der Waals surface area contributed by atoms with Crippen LogP contribution in [0.15, 0.2) is 16.5 Å². The van der Waals surface area contributed by atoms with Crippen molar-refractivity contribution in [3.05, 3.63) is 23.7 Å². The third kappa shape index (κ3) is 2.91. The Labute approximate surface area is 108 Å². The van der Waals surface area contributed by atoms with Gasteiger partial charge in [0.15, 0.2) is 5.76 Å². The van der Waals surface area contributed by atoms with Crippen molar-refractivity contribution < 1.29 is 9.21 Å². The highest BCUT2D eigenvalue weighted by molar-refractivity contribution is 5.91. The van der Waals surface area contributed by atoms with E-state index in [-0.39, 0.29) is 5.91 Å². The van der Waals surface area contributed by atoms with Crippen molar-refractivity contribution in [1.29, 1.82) is 0 Å². The van der Waals surface area contributed by atoms with E-state index >= 15 is 0 Å². The first-order valence-corrected chi connectivity index (χ1v) is 6.55. The largest absolute Gasteiger partial charge is 0.455 e. The van der Waals surface area contributed by atoms with Crippen LogP contribution in [0.1, 0.15) is 29.7 Å². The number of amides is 1. The van der Waals surface area contributed by atoms with Gasteiger partial charge in [0.25, 0.3) is 5.91 Å². The average molecular weight is 251 g/mol. The molecule has 1 aliphatic rings. The van der Waals surface area contributed by atoms with Crippen LogP contribution in [-0.2, 0) is 6.54 Å². The molecule has 0 aromatic carbocycles. The summed E-state index contributed by atoms with van der Waals surface area (Å²) in [7, 11) is 0. The third-order valence-electron chi connectivity index (χ3n) is 3.27. The van der Waals surface area contributed by atoms with Crippen LogP contribution in [0.2, 0.25) is 0 Å². The van der Waals surface area contributed by atoms with Crippen LogP contribution >= 0.6 is 0 Å². The Morgan fingerprint density at radius 3 is 2.61 bits per heavy atom. The van der Waals surface area contributed by atoms with Gasteiger partial charge in [-0.3, -0.25) is 9.69 Å². The minimum atomic E-state index is -0.0224. The van der Waals surface area contributed by atoms with Gasteiger partial charge in [-0.2, -0.15) is 0 Å². The summed E-state index contributed by atoms with van der Waals surface area (Å²) in [5, 5.41) is 0. The number of hydrogen-bond donors (Lipinski definition) is 1. The maximum Gasteiger partial charge on any atom is 0.289 e. The molecular formula is C13H21N3O2. The van der Waals surface area contributed by atoms with Gasteiger partial charge in [-0.15, -0.1) is 0 Å². The molecule has 18 heavy (non-hydrogen) atoms. The number of piperazine rings is 1. The molecule has 5 heteroatoms. The number of rotatable bonds is 4. The van der Waals surface area contributed by atoms with Gasteiger partial charge in [-0.25, -0.2) is 0 Å². The monoisotopic (exact) mass is 251 g/mol. The average Bonchev–Trinajstić information content (AvgIpc) is 2.88. The van der Waals surface area contributed by atoms with E-state index in [9.17, 15) is 4.79 Å². The van der Waals surface area contributed by atoms with Crippen LogP contribution in [-0.4, -0.2) is 48.4 Å². The Morgan fingerprint density at radius 2 is 2.06 bits per heavy atom. The smallest absolute Gasteiger partial charge is 0.289 e. The zero-order valence-corrected chi connectivity index (χ0v) is 10.9. The standard InChI is InChI=1S/C13H21N3O2/c1-2-5-15-6-8-16(9-7-15)13(17)12-4-3-11(10-14)18-12/h3-4H,2,5-10,14H2,1H3. The van der Waals surface area contributed by atoms with Crippen molar-refractivity contribution in [2.24, 2.45) is 5.73 Å². The highest BCUT2D eigenvalue weighted by atomic mass is 16.4. The second-order valence-electron chi connectivity index (χ2n) is 4.60. The molecule has 1 aromatic rings. The summed E-state index contributed by atoms with van der Waals surface area (Å²) in [6, 6.07) is 3.48. The molecule has 0 spiro atoms. The molecule has 0 atom stereocenters. The van der Waals surface area contributed by atoms with E-state index in [0.29, 0.717) is 18.1 Å². The van der Waals surface area contributed by atoms with E-state index in [1.807, 2.05) is 4.90 Å². The second kappa shape index (κ2) is 6.02. The molecule has 100 valence electrons. The van der Waals surface area contributed by atoms with Crippen LogP contribution in [0.3, 0.4) is 0 Å². The molecule has 0 unspecified atom stereocenters. The fourth-order valence-electron chi connectivity index (χ4n) is 2.25. The van der Waals surface area contributed by atoms with E-state index in [1.54, 1.807) is 12.1 Å². The Morgan fingerprint density at radius 1 is 1.33 bits per heavy atom. The molecule has 1 aliphatic heterocycles. The molecule has 0 radical (unpaired) electrons. The van der Waals surface area contributed by atoms with Crippen LogP contribution < -0.4 is 5.73 Å². The first-order valence-electron chi connectivity index (χ1n) is 6.55. The Balaban J connectivity index is 1.91. The van der Waals surface area contributed by atoms with Gasteiger partial charge >= 0.3 is 0 Å². The first-order chi connectivity index (χ1) is 8.74. The molecule has 1 amide bonds. The fraction of sp³-hybridized carbons (Fsp3) is 0.615. The number of carbonyl (C=O) groups is 1. The van der Waals surface area contributed by atoms with E-state index in [4.69, 9.17) is 10.2 Å². The van der Waals surface area contributed by atoms with Gasteiger partial charge < -0.3 is 15.1 Å². The van der Waals surface area contributed by atoms with Crippen molar-refractivity contribution in [3.63, 3.8) is 0 Å². The number of nitrogens with two attached hydrogens (primary N) is 1. The van der Waals surface area contributed by atoms with Crippen molar-refractivity contribution >= 4 is 5.91 Å². The number of nitrogens with zero attached hydrogens (tertiary/aromatic N) is 2. The highest BCUT2D eigenvalue weighted by Crippen LogP contribution is 2.12. The lowest BCUT2D eigenvalue weighted by atomic mass is 10.2. The lowest BCUT2D eigenvalue weighted by molar-refractivity contribution is 0.0605. The third-order valence-corrected chi connectivity index (χ3v) is 3.27. The van der Waals surface area contributed by atoms with Gasteiger partial charge in [0, 0.05) is 26.2 Å². The van der Waals surface area contributed by atoms with Gasteiger partial charge in [0.05, 0.1) is 6.54 Å². The quantitative estimate of drug-likeness (QED) is 0.864. The van der Waals surface area contributed by atoms with Crippen molar-refractivity contribution in [3.8, 4) is 0 Å². The predicted molar refractivity (Wildman–Crippen MR) is 69.2 cm³/mol. The summed E-state index contributed by atoms with van der Waals surface area (Å²) in [5.41, 5.74) is 5.47. The topological polar surface area (TPSA) is 62.7 Å². The zero-order valence-electron chi connectivity index (χ0n) is 10.9. The minimum Gasteiger partial charge on any atom is -0.455 e. The van der Waals surface area contributed by atoms with Crippen LogP contribution in [0.5, 0.6) is 0 Å². The lowest BCUT2D eigenvalue weighted by Crippen LogP contribution is -2.48. The molecule has 0 saturated carbocycles. The molecule has 1 saturated heterocycles. The van der Waals surface area contributed by atoms with Gasteiger partial charge in [-0.05, 0) is 25.1 Å². The summed E-state index contributed by atoms with van der Waals surface area (Å²) < 4.78 is 5.39. The summed E-state index contributed by atoms with van der Waals surface area (Å²) in [5.74, 6) is 1.04. The van der Waals surface area contributed by atoms with Gasteiger partial charge in [-0.1, -0.05) is 6.92 Å². The number of furan rings is 1. The molecule has 2 heterocycles.